The van der Waals surface area contributed by atoms with E-state index in [9.17, 15) is 29.4 Å². The zero-order chi connectivity index (χ0) is 19.6. The average Bonchev–Trinajstić information content (AvgIpc) is 2.97. The first kappa shape index (κ1) is 18.9. The van der Waals surface area contributed by atoms with Crippen LogP contribution in [-0.4, -0.2) is 80.4 Å². The number of carbonyl (C=O) groups is 4. The summed E-state index contributed by atoms with van der Waals surface area (Å²) in [6.07, 6.45) is -0.232. The summed E-state index contributed by atoms with van der Waals surface area (Å²) in [4.78, 5) is 51.2. The zero-order valence-corrected chi connectivity index (χ0v) is 16.1. The fourth-order valence-electron chi connectivity index (χ4n) is 5.12. The van der Waals surface area contributed by atoms with Crippen molar-refractivity contribution in [3.63, 3.8) is 0 Å². The molecule has 2 saturated heterocycles. The first-order chi connectivity index (χ1) is 12.7. The van der Waals surface area contributed by atoms with Crippen molar-refractivity contribution in [2.45, 2.75) is 48.4 Å². The van der Waals surface area contributed by atoms with Gasteiger partial charge < -0.3 is 10.2 Å². The minimum Gasteiger partial charge on any atom is -0.392 e. The van der Waals surface area contributed by atoms with Gasteiger partial charge in [-0.05, 0) is 25.7 Å². The predicted octanol–water partition coefficient (Wildman–Crippen LogP) is -0.772. The summed E-state index contributed by atoms with van der Waals surface area (Å²) in [6, 6.07) is 0. The molecular formula is C18H24N2O6S. The van der Waals surface area contributed by atoms with Crippen LogP contribution in [0.1, 0.15) is 25.7 Å². The van der Waals surface area contributed by atoms with Crippen LogP contribution < -0.4 is 0 Å². The van der Waals surface area contributed by atoms with Crippen LogP contribution in [0.2, 0.25) is 0 Å². The third-order valence-electron chi connectivity index (χ3n) is 6.73. The monoisotopic (exact) mass is 396 g/mol. The van der Waals surface area contributed by atoms with Crippen LogP contribution in [0.15, 0.2) is 0 Å². The number of likely N-dealkylation sites (tertiary alicyclic amines) is 2. The molecule has 4 amide bonds. The van der Waals surface area contributed by atoms with E-state index in [1.165, 1.54) is 25.9 Å². The Morgan fingerprint density at radius 2 is 0.963 bits per heavy atom. The van der Waals surface area contributed by atoms with Crippen LogP contribution >= 0.6 is 11.8 Å². The van der Waals surface area contributed by atoms with Gasteiger partial charge in [-0.2, -0.15) is 0 Å². The number of amides is 4. The molecule has 9 heteroatoms. The van der Waals surface area contributed by atoms with Crippen LogP contribution in [0.4, 0.5) is 0 Å². The van der Waals surface area contributed by atoms with Crippen molar-refractivity contribution < 1.29 is 29.4 Å². The molecule has 4 fully saturated rings. The van der Waals surface area contributed by atoms with Crippen molar-refractivity contribution in [2.24, 2.45) is 23.7 Å². The van der Waals surface area contributed by atoms with Crippen molar-refractivity contribution >= 4 is 35.4 Å². The summed E-state index contributed by atoms with van der Waals surface area (Å²) in [5.41, 5.74) is 0. The van der Waals surface area contributed by atoms with Gasteiger partial charge in [-0.25, -0.2) is 0 Å². The summed E-state index contributed by atoms with van der Waals surface area (Å²) in [5.74, 6) is -2.63. The number of aliphatic hydroxyl groups excluding tert-OH is 2. The lowest BCUT2D eigenvalue weighted by Gasteiger charge is -2.39. The van der Waals surface area contributed by atoms with Gasteiger partial charge in [-0.3, -0.25) is 29.0 Å². The molecule has 148 valence electrons. The fraction of sp³-hybridized carbons (Fsp3) is 0.778. The number of fused-ring (bicyclic) bond motifs is 2. The van der Waals surface area contributed by atoms with Gasteiger partial charge in [0, 0.05) is 24.6 Å². The molecule has 8 nitrogen and oxygen atoms in total. The highest BCUT2D eigenvalue weighted by atomic mass is 32.2. The van der Waals surface area contributed by atoms with Crippen LogP contribution in [0, 0.1) is 23.7 Å². The fourth-order valence-corrected chi connectivity index (χ4v) is 6.79. The average molecular weight is 396 g/mol. The van der Waals surface area contributed by atoms with E-state index in [-0.39, 0.29) is 47.0 Å². The van der Waals surface area contributed by atoms with Crippen molar-refractivity contribution in [1.82, 2.24) is 9.80 Å². The molecule has 0 radical (unpaired) electrons. The van der Waals surface area contributed by atoms with Gasteiger partial charge in [0.2, 0.25) is 23.6 Å². The van der Waals surface area contributed by atoms with E-state index in [1.54, 1.807) is 0 Å². The van der Waals surface area contributed by atoms with E-state index < -0.39 is 35.9 Å². The minimum atomic E-state index is -0.743. The van der Waals surface area contributed by atoms with E-state index in [4.69, 9.17) is 0 Å². The van der Waals surface area contributed by atoms with Crippen LogP contribution in [0.3, 0.4) is 0 Å². The maximum Gasteiger partial charge on any atom is 0.232 e. The Bertz CT molecular complexity index is 656. The van der Waals surface area contributed by atoms with Crippen molar-refractivity contribution in [1.29, 1.82) is 0 Å². The number of hydrogen-bond acceptors (Lipinski definition) is 7. The topological polar surface area (TPSA) is 115 Å². The number of imide groups is 2. The summed E-state index contributed by atoms with van der Waals surface area (Å²) in [6.45, 7) is 0. The van der Waals surface area contributed by atoms with Crippen molar-refractivity contribution in [3.05, 3.63) is 0 Å². The van der Waals surface area contributed by atoms with Gasteiger partial charge in [-0.15, -0.1) is 11.8 Å². The number of rotatable bonds is 2. The van der Waals surface area contributed by atoms with Gasteiger partial charge in [0.1, 0.15) is 0 Å². The molecule has 2 aliphatic carbocycles. The lowest BCUT2D eigenvalue weighted by atomic mass is 9.79. The molecule has 0 unspecified atom stereocenters. The van der Waals surface area contributed by atoms with Crippen LogP contribution in [0.25, 0.3) is 0 Å². The lowest BCUT2D eigenvalue weighted by molar-refractivity contribution is -0.139. The quantitative estimate of drug-likeness (QED) is 0.589. The first-order valence-electron chi connectivity index (χ1n) is 9.35. The second-order valence-electron chi connectivity index (χ2n) is 8.19. The van der Waals surface area contributed by atoms with E-state index in [0.29, 0.717) is 12.8 Å². The van der Waals surface area contributed by atoms with Crippen molar-refractivity contribution in [3.8, 4) is 0 Å². The Labute approximate surface area is 161 Å². The van der Waals surface area contributed by atoms with Gasteiger partial charge in [0.05, 0.1) is 35.9 Å². The largest absolute Gasteiger partial charge is 0.392 e. The highest BCUT2D eigenvalue weighted by molar-refractivity contribution is 8.00. The summed E-state index contributed by atoms with van der Waals surface area (Å²) < 4.78 is 0. The Hall–Kier alpha value is -1.45. The Morgan fingerprint density at radius 3 is 1.30 bits per heavy atom. The number of nitrogens with zero attached hydrogens (tertiary/aromatic N) is 2. The molecule has 0 aromatic rings. The molecule has 2 saturated carbocycles. The molecule has 2 aliphatic heterocycles. The Morgan fingerprint density at radius 1 is 0.667 bits per heavy atom. The van der Waals surface area contributed by atoms with Crippen LogP contribution in [-0.2, 0) is 19.2 Å². The van der Waals surface area contributed by atoms with E-state index in [2.05, 4.69) is 0 Å². The molecule has 2 heterocycles. The molecule has 0 spiro atoms. The van der Waals surface area contributed by atoms with Gasteiger partial charge in [0.25, 0.3) is 0 Å². The maximum absolute atomic E-state index is 12.3. The third-order valence-corrected chi connectivity index (χ3v) is 8.45. The summed E-state index contributed by atoms with van der Waals surface area (Å²) in [5, 5.41) is 20.5. The second kappa shape index (κ2) is 6.56. The SMILES string of the molecule is CN1C(=O)[C@H]2C[C@@H](O)[C@H](S[C@@H]3C[C@H]4C(=O)N(C)C(=O)[C@@H]4C[C@@H]3O)C[C@@H]2C1=O. The first-order valence-corrected chi connectivity index (χ1v) is 10.3. The number of carbonyl (C=O) groups excluding carboxylic acids is 4. The minimum absolute atomic E-state index is 0.204. The van der Waals surface area contributed by atoms with Gasteiger partial charge in [0.15, 0.2) is 0 Å². The lowest BCUT2D eigenvalue weighted by Crippen LogP contribution is -2.43. The van der Waals surface area contributed by atoms with E-state index in [1.807, 2.05) is 0 Å². The molecule has 4 rings (SSSR count). The molecule has 8 atom stereocenters. The number of thioether (sulfide) groups is 1. The van der Waals surface area contributed by atoms with Crippen molar-refractivity contribution in [2.75, 3.05) is 14.1 Å². The zero-order valence-electron chi connectivity index (χ0n) is 15.3. The number of aliphatic hydroxyl groups is 2. The molecule has 0 bridgehead atoms. The predicted molar refractivity (Wildman–Crippen MR) is 95.2 cm³/mol. The van der Waals surface area contributed by atoms with Gasteiger partial charge in [-0.1, -0.05) is 0 Å². The van der Waals surface area contributed by atoms with E-state index in [0.717, 1.165) is 9.80 Å². The van der Waals surface area contributed by atoms with Crippen LogP contribution in [0.5, 0.6) is 0 Å². The smallest absolute Gasteiger partial charge is 0.232 e. The summed E-state index contributed by atoms with van der Waals surface area (Å²) >= 11 is 1.40. The normalized spacial score (nSPS) is 44.7. The second-order valence-corrected chi connectivity index (χ2v) is 9.67. The maximum atomic E-state index is 12.3. The molecule has 0 aromatic carbocycles. The van der Waals surface area contributed by atoms with E-state index >= 15 is 0 Å². The third kappa shape index (κ3) is 2.82. The Kier molecular flexibility index (Phi) is 4.59. The number of hydrogen-bond donors (Lipinski definition) is 2. The molecule has 27 heavy (non-hydrogen) atoms. The van der Waals surface area contributed by atoms with Gasteiger partial charge >= 0.3 is 0 Å². The molecule has 2 N–H and O–H groups in total. The highest BCUT2D eigenvalue weighted by Gasteiger charge is 2.54. The standard InChI is InChI=1S/C18H24N2O6S/c1-19-15(23)7-3-11(21)13(5-9(7)17(19)25)27-14-6-10-8(4-12(14)22)16(24)20(2)18(10)26/h7-14,21-22H,3-6H2,1-2H3/t7-,8+,9-,10+,11+,12-,13-,14-/m1/s1. The molecule has 4 aliphatic rings. The summed E-state index contributed by atoms with van der Waals surface area (Å²) in [7, 11) is 2.95. The highest BCUT2D eigenvalue weighted by Crippen LogP contribution is 2.47. The Balaban J connectivity index is 1.46. The molecular weight excluding hydrogens is 372 g/mol. The molecule has 0 aromatic heterocycles.